The number of carbonyl (C=O) groups is 1. The van der Waals surface area contributed by atoms with E-state index in [1.807, 2.05) is 36.2 Å². The summed E-state index contributed by atoms with van der Waals surface area (Å²) in [6.45, 7) is 0. The number of hydrogen-bond acceptors (Lipinski definition) is 4. The number of rotatable bonds is 3. The maximum atomic E-state index is 10.9. The van der Waals surface area contributed by atoms with Crippen molar-refractivity contribution in [3.63, 3.8) is 0 Å². The van der Waals surface area contributed by atoms with Gasteiger partial charge in [-0.15, -0.1) is 0 Å². The van der Waals surface area contributed by atoms with E-state index >= 15 is 0 Å². The van der Waals surface area contributed by atoms with Gasteiger partial charge in [0.1, 0.15) is 0 Å². The Kier molecular flexibility index (Phi) is 3.23. The van der Waals surface area contributed by atoms with Crippen LogP contribution in [0.2, 0.25) is 0 Å². The van der Waals surface area contributed by atoms with E-state index in [0.29, 0.717) is 5.95 Å². The van der Waals surface area contributed by atoms with E-state index in [-0.39, 0.29) is 5.56 Å². The van der Waals surface area contributed by atoms with Crippen LogP contribution in [0.25, 0.3) is 10.9 Å². The third-order valence-electron chi connectivity index (χ3n) is 3.28. The lowest BCUT2D eigenvalue weighted by Gasteiger charge is -2.17. The molecular weight excluding hydrogens is 266 g/mol. The average molecular weight is 279 g/mol. The van der Waals surface area contributed by atoms with E-state index in [2.05, 4.69) is 9.97 Å². The van der Waals surface area contributed by atoms with Crippen molar-refractivity contribution in [1.82, 2.24) is 9.97 Å². The summed E-state index contributed by atoms with van der Waals surface area (Å²) < 4.78 is 0. The average Bonchev–Trinajstić information content (AvgIpc) is 2.54. The maximum absolute atomic E-state index is 10.9. The zero-order chi connectivity index (χ0) is 14.8. The Bertz CT molecular complexity index is 800. The number of carboxylic acid groups (broad SMARTS) is 1. The first kappa shape index (κ1) is 13.1. The monoisotopic (exact) mass is 279 g/mol. The Morgan fingerprint density at radius 3 is 2.52 bits per heavy atom. The van der Waals surface area contributed by atoms with Gasteiger partial charge in [-0.2, -0.15) is 0 Å². The molecule has 1 N–H and O–H groups in total. The fourth-order valence-corrected chi connectivity index (χ4v) is 2.07. The second-order valence-electron chi connectivity index (χ2n) is 4.64. The molecule has 0 unspecified atom stereocenters. The lowest BCUT2D eigenvalue weighted by atomic mass is 10.2. The van der Waals surface area contributed by atoms with Gasteiger partial charge < -0.3 is 10.0 Å². The smallest absolute Gasteiger partial charge is 0.335 e. The summed E-state index contributed by atoms with van der Waals surface area (Å²) in [6, 6.07) is 14.4. The Labute approximate surface area is 121 Å². The number of para-hydroxylation sites is 1. The van der Waals surface area contributed by atoms with Gasteiger partial charge >= 0.3 is 5.97 Å². The van der Waals surface area contributed by atoms with Crippen molar-refractivity contribution in [3.05, 3.63) is 60.3 Å². The normalized spacial score (nSPS) is 10.5. The van der Waals surface area contributed by atoms with Gasteiger partial charge in [-0.25, -0.2) is 14.8 Å². The summed E-state index contributed by atoms with van der Waals surface area (Å²) in [5.41, 5.74) is 1.96. The highest BCUT2D eigenvalue weighted by Crippen LogP contribution is 2.22. The Morgan fingerprint density at radius 1 is 1.10 bits per heavy atom. The second kappa shape index (κ2) is 5.20. The zero-order valence-corrected chi connectivity index (χ0v) is 11.4. The molecule has 5 heteroatoms. The van der Waals surface area contributed by atoms with Crippen molar-refractivity contribution < 1.29 is 9.90 Å². The van der Waals surface area contributed by atoms with E-state index in [9.17, 15) is 4.79 Å². The molecule has 3 rings (SSSR count). The van der Waals surface area contributed by atoms with Crippen molar-refractivity contribution in [1.29, 1.82) is 0 Å². The van der Waals surface area contributed by atoms with Crippen molar-refractivity contribution in [3.8, 4) is 0 Å². The second-order valence-corrected chi connectivity index (χ2v) is 4.64. The number of fused-ring (bicyclic) bond motifs is 1. The van der Waals surface area contributed by atoms with Crippen LogP contribution in [-0.4, -0.2) is 28.1 Å². The van der Waals surface area contributed by atoms with Gasteiger partial charge in [0.25, 0.3) is 0 Å². The third-order valence-corrected chi connectivity index (χ3v) is 3.28. The lowest BCUT2D eigenvalue weighted by molar-refractivity contribution is 0.0697. The standard InChI is InChI=1S/C16H13N3O2/c1-19(13-8-6-11(7-9-13)15(20)21)16-17-10-12-4-2-3-5-14(12)18-16/h2-10H,1H3,(H,20,21). The zero-order valence-electron chi connectivity index (χ0n) is 11.4. The van der Waals surface area contributed by atoms with E-state index in [1.165, 1.54) is 0 Å². The quantitative estimate of drug-likeness (QED) is 0.798. The summed E-state index contributed by atoms with van der Waals surface area (Å²) >= 11 is 0. The van der Waals surface area contributed by atoms with Crippen LogP contribution < -0.4 is 4.90 Å². The number of carboxylic acids is 1. The molecular formula is C16H13N3O2. The Hall–Kier alpha value is -2.95. The molecule has 0 spiro atoms. The fourth-order valence-electron chi connectivity index (χ4n) is 2.07. The SMILES string of the molecule is CN(c1ccc(C(=O)O)cc1)c1ncc2ccccc2n1. The molecule has 2 aromatic carbocycles. The van der Waals surface area contributed by atoms with Crippen LogP contribution in [0.1, 0.15) is 10.4 Å². The van der Waals surface area contributed by atoms with Gasteiger partial charge in [-0.1, -0.05) is 18.2 Å². The molecule has 0 fully saturated rings. The summed E-state index contributed by atoms with van der Waals surface area (Å²) in [4.78, 5) is 21.5. The van der Waals surface area contributed by atoms with Gasteiger partial charge in [0.2, 0.25) is 5.95 Å². The van der Waals surface area contributed by atoms with Crippen LogP contribution in [0.5, 0.6) is 0 Å². The first-order valence-electron chi connectivity index (χ1n) is 6.44. The first-order chi connectivity index (χ1) is 10.1. The minimum Gasteiger partial charge on any atom is -0.478 e. The van der Waals surface area contributed by atoms with Crippen LogP contribution in [0.4, 0.5) is 11.6 Å². The van der Waals surface area contributed by atoms with Crippen molar-refractivity contribution >= 4 is 28.5 Å². The van der Waals surface area contributed by atoms with Crippen LogP contribution in [0.15, 0.2) is 54.7 Å². The largest absolute Gasteiger partial charge is 0.478 e. The molecule has 0 aliphatic carbocycles. The molecule has 0 radical (unpaired) electrons. The summed E-state index contributed by atoms with van der Waals surface area (Å²) in [6.07, 6.45) is 1.78. The molecule has 21 heavy (non-hydrogen) atoms. The molecule has 0 aliphatic heterocycles. The van der Waals surface area contributed by atoms with Crippen LogP contribution >= 0.6 is 0 Å². The number of hydrogen-bond donors (Lipinski definition) is 1. The Balaban J connectivity index is 1.95. The number of nitrogens with zero attached hydrogens (tertiary/aromatic N) is 3. The van der Waals surface area contributed by atoms with E-state index in [0.717, 1.165) is 16.6 Å². The lowest BCUT2D eigenvalue weighted by Crippen LogP contribution is -2.13. The van der Waals surface area contributed by atoms with Crippen LogP contribution in [0, 0.1) is 0 Å². The predicted octanol–water partition coefficient (Wildman–Crippen LogP) is 3.10. The molecule has 0 bridgehead atoms. The summed E-state index contributed by atoms with van der Waals surface area (Å²) in [7, 11) is 1.85. The van der Waals surface area contributed by atoms with Crippen molar-refractivity contribution in [2.45, 2.75) is 0 Å². The molecule has 5 nitrogen and oxygen atoms in total. The maximum Gasteiger partial charge on any atom is 0.335 e. The fraction of sp³-hybridized carbons (Fsp3) is 0.0625. The highest BCUT2D eigenvalue weighted by atomic mass is 16.4. The molecule has 0 aliphatic rings. The van der Waals surface area contributed by atoms with Crippen LogP contribution in [0.3, 0.4) is 0 Å². The van der Waals surface area contributed by atoms with Gasteiger partial charge in [-0.3, -0.25) is 0 Å². The molecule has 1 aromatic heterocycles. The minimum atomic E-state index is -0.939. The first-order valence-corrected chi connectivity index (χ1v) is 6.44. The minimum absolute atomic E-state index is 0.256. The molecule has 0 amide bonds. The highest BCUT2D eigenvalue weighted by Gasteiger charge is 2.09. The van der Waals surface area contributed by atoms with Gasteiger partial charge in [0.15, 0.2) is 0 Å². The van der Waals surface area contributed by atoms with Crippen molar-refractivity contribution in [2.75, 3.05) is 11.9 Å². The van der Waals surface area contributed by atoms with E-state index in [4.69, 9.17) is 5.11 Å². The molecule has 0 atom stereocenters. The number of aromatic nitrogens is 2. The molecule has 1 heterocycles. The third kappa shape index (κ3) is 2.53. The van der Waals surface area contributed by atoms with E-state index < -0.39 is 5.97 Å². The highest BCUT2D eigenvalue weighted by molar-refractivity contribution is 5.88. The molecule has 0 saturated carbocycles. The molecule has 3 aromatic rings. The Morgan fingerprint density at radius 2 is 1.81 bits per heavy atom. The van der Waals surface area contributed by atoms with Crippen molar-refractivity contribution in [2.24, 2.45) is 0 Å². The number of anilines is 2. The van der Waals surface area contributed by atoms with Gasteiger partial charge in [0.05, 0.1) is 11.1 Å². The summed E-state index contributed by atoms with van der Waals surface area (Å²) in [5, 5.41) is 9.89. The molecule has 104 valence electrons. The summed E-state index contributed by atoms with van der Waals surface area (Å²) in [5.74, 6) is -0.372. The predicted molar refractivity (Wildman–Crippen MR) is 81.0 cm³/mol. The van der Waals surface area contributed by atoms with Gasteiger partial charge in [0, 0.05) is 24.3 Å². The number of benzene rings is 2. The topological polar surface area (TPSA) is 66.3 Å². The van der Waals surface area contributed by atoms with Crippen LogP contribution in [-0.2, 0) is 0 Å². The van der Waals surface area contributed by atoms with Gasteiger partial charge in [-0.05, 0) is 30.3 Å². The molecule has 0 saturated heterocycles. The van der Waals surface area contributed by atoms with E-state index in [1.54, 1.807) is 30.5 Å². The number of aromatic carboxylic acids is 1.